The number of nitrogens with one attached hydrogen (secondary N) is 1. The van der Waals surface area contributed by atoms with E-state index in [2.05, 4.69) is 46.6 Å². The second-order valence-corrected chi connectivity index (χ2v) is 5.08. The number of benzene rings is 1. The highest BCUT2D eigenvalue weighted by molar-refractivity contribution is 5.38. The first-order chi connectivity index (χ1) is 9.72. The van der Waals surface area contributed by atoms with Crippen LogP contribution in [-0.4, -0.2) is 14.6 Å². The van der Waals surface area contributed by atoms with Crippen LogP contribution < -0.4 is 5.32 Å². The first kappa shape index (κ1) is 12.8. The maximum absolute atomic E-state index is 4.41. The largest absolute Gasteiger partial charge is 0.308 e. The third-order valence-electron chi connectivity index (χ3n) is 3.39. The molecule has 2 aromatic heterocycles. The van der Waals surface area contributed by atoms with E-state index in [1.807, 2.05) is 29.9 Å². The van der Waals surface area contributed by atoms with Gasteiger partial charge in [-0.25, -0.2) is 9.50 Å². The van der Waals surface area contributed by atoms with E-state index in [0.717, 1.165) is 30.0 Å². The highest BCUT2D eigenvalue weighted by atomic mass is 15.2. The molecule has 0 aliphatic rings. The van der Waals surface area contributed by atoms with Crippen LogP contribution in [0.25, 0.3) is 5.65 Å². The Balaban J connectivity index is 1.66. The van der Waals surface area contributed by atoms with Gasteiger partial charge >= 0.3 is 0 Å². The van der Waals surface area contributed by atoms with Gasteiger partial charge in [0.1, 0.15) is 0 Å². The van der Waals surface area contributed by atoms with E-state index in [-0.39, 0.29) is 0 Å². The minimum Gasteiger partial charge on any atom is -0.308 e. The molecule has 0 spiro atoms. The van der Waals surface area contributed by atoms with Gasteiger partial charge in [-0.15, -0.1) is 0 Å². The molecule has 0 radical (unpaired) electrons. The molecule has 0 bridgehead atoms. The Morgan fingerprint density at radius 3 is 2.85 bits per heavy atom. The standard InChI is InChI=1S/C16H18N4/c1-12-5-3-4-6-15(12)10-17-8-14-9-18-16-7-13(2)19-20(16)11-14/h3-7,9,11,17H,8,10H2,1-2H3. The summed E-state index contributed by atoms with van der Waals surface area (Å²) in [6.07, 6.45) is 3.93. The Bertz CT molecular complexity index is 730. The Kier molecular flexibility index (Phi) is 3.48. The summed E-state index contributed by atoms with van der Waals surface area (Å²) in [7, 11) is 0. The molecular formula is C16H18N4. The molecule has 4 heteroatoms. The van der Waals surface area contributed by atoms with Gasteiger partial charge in [-0.05, 0) is 25.0 Å². The van der Waals surface area contributed by atoms with Crippen molar-refractivity contribution in [2.24, 2.45) is 0 Å². The predicted molar refractivity (Wildman–Crippen MR) is 79.4 cm³/mol. The summed E-state index contributed by atoms with van der Waals surface area (Å²) in [5, 5.41) is 7.83. The molecule has 0 unspecified atom stereocenters. The maximum atomic E-state index is 4.41. The number of rotatable bonds is 4. The molecular weight excluding hydrogens is 248 g/mol. The number of aromatic nitrogens is 3. The molecule has 2 heterocycles. The first-order valence-corrected chi connectivity index (χ1v) is 6.78. The molecule has 1 aromatic carbocycles. The zero-order chi connectivity index (χ0) is 13.9. The zero-order valence-electron chi connectivity index (χ0n) is 11.8. The summed E-state index contributed by atoms with van der Waals surface area (Å²) in [6, 6.07) is 10.4. The average Bonchev–Trinajstić information content (AvgIpc) is 2.80. The highest BCUT2D eigenvalue weighted by Gasteiger charge is 2.01. The predicted octanol–water partition coefficient (Wildman–Crippen LogP) is 2.64. The van der Waals surface area contributed by atoms with Gasteiger partial charge < -0.3 is 5.32 Å². The normalized spacial score (nSPS) is 11.1. The molecule has 0 amide bonds. The lowest BCUT2D eigenvalue weighted by molar-refractivity contribution is 0.683. The van der Waals surface area contributed by atoms with Crippen LogP contribution in [0.4, 0.5) is 0 Å². The Morgan fingerprint density at radius 2 is 2.00 bits per heavy atom. The Labute approximate surface area is 118 Å². The molecule has 20 heavy (non-hydrogen) atoms. The van der Waals surface area contributed by atoms with Crippen LogP contribution >= 0.6 is 0 Å². The number of hydrogen-bond donors (Lipinski definition) is 1. The molecule has 0 atom stereocenters. The van der Waals surface area contributed by atoms with Crippen molar-refractivity contribution in [1.29, 1.82) is 0 Å². The van der Waals surface area contributed by atoms with E-state index >= 15 is 0 Å². The van der Waals surface area contributed by atoms with Crippen molar-refractivity contribution in [3.63, 3.8) is 0 Å². The van der Waals surface area contributed by atoms with Gasteiger partial charge in [-0.2, -0.15) is 5.10 Å². The maximum Gasteiger partial charge on any atom is 0.155 e. The van der Waals surface area contributed by atoms with Crippen molar-refractivity contribution in [3.8, 4) is 0 Å². The van der Waals surface area contributed by atoms with Crippen molar-refractivity contribution in [3.05, 3.63) is 65.1 Å². The van der Waals surface area contributed by atoms with E-state index in [1.54, 1.807) is 0 Å². The van der Waals surface area contributed by atoms with E-state index in [9.17, 15) is 0 Å². The molecule has 0 saturated carbocycles. The lowest BCUT2D eigenvalue weighted by atomic mass is 10.1. The topological polar surface area (TPSA) is 42.2 Å². The zero-order valence-corrected chi connectivity index (χ0v) is 11.8. The number of aryl methyl sites for hydroxylation is 2. The fraction of sp³-hybridized carbons (Fsp3) is 0.250. The summed E-state index contributed by atoms with van der Waals surface area (Å²) in [4.78, 5) is 4.41. The minimum absolute atomic E-state index is 0.788. The van der Waals surface area contributed by atoms with Crippen LogP contribution in [0.2, 0.25) is 0 Å². The lowest BCUT2D eigenvalue weighted by Crippen LogP contribution is -2.14. The molecule has 0 aliphatic carbocycles. The molecule has 1 N–H and O–H groups in total. The van der Waals surface area contributed by atoms with Crippen LogP contribution in [0.5, 0.6) is 0 Å². The SMILES string of the molecule is Cc1cc2ncc(CNCc3ccccc3C)cn2n1. The van der Waals surface area contributed by atoms with Gasteiger partial charge in [0, 0.05) is 37.1 Å². The smallest absolute Gasteiger partial charge is 0.155 e. The summed E-state index contributed by atoms with van der Waals surface area (Å²) in [5.41, 5.74) is 5.66. The van der Waals surface area contributed by atoms with Crippen molar-refractivity contribution < 1.29 is 0 Å². The second-order valence-electron chi connectivity index (χ2n) is 5.08. The van der Waals surface area contributed by atoms with Gasteiger partial charge in [0.15, 0.2) is 5.65 Å². The molecule has 3 aromatic rings. The van der Waals surface area contributed by atoms with Gasteiger partial charge in [0.25, 0.3) is 0 Å². The number of fused-ring (bicyclic) bond motifs is 1. The molecule has 0 fully saturated rings. The van der Waals surface area contributed by atoms with Gasteiger partial charge in [-0.1, -0.05) is 24.3 Å². The van der Waals surface area contributed by atoms with Crippen molar-refractivity contribution >= 4 is 5.65 Å². The summed E-state index contributed by atoms with van der Waals surface area (Å²) in [5.74, 6) is 0. The van der Waals surface area contributed by atoms with Gasteiger partial charge in [-0.3, -0.25) is 0 Å². The molecule has 102 valence electrons. The van der Waals surface area contributed by atoms with Crippen molar-refractivity contribution in [2.45, 2.75) is 26.9 Å². The second kappa shape index (κ2) is 5.43. The van der Waals surface area contributed by atoms with Gasteiger partial charge in [0.2, 0.25) is 0 Å². The fourth-order valence-corrected chi connectivity index (χ4v) is 2.28. The lowest BCUT2D eigenvalue weighted by Gasteiger charge is -2.07. The first-order valence-electron chi connectivity index (χ1n) is 6.78. The van der Waals surface area contributed by atoms with Gasteiger partial charge in [0.05, 0.1) is 5.69 Å². The van der Waals surface area contributed by atoms with E-state index in [0.29, 0.717) is 0 Å². The molecule has 4 nitrogen and oxygen atoms in total. The molecule has 0 aliphatic heterocycles. The molecule has 0 saturated heterocycles. The van der Waals surface area contributed by atoms with Crippen LogP contribution in [0.3, 0.4) is 0 Å². The monoisotopic (exact) mass is 266 g/mol. The van der Waals surface area contributed by atoms with Crippen molar-refractivity contribution in [1.82, 2.24) is 19.9 Å². The summed E-state index contributed by atoms with van der Waals surface area (Å²) >= 11 is 0. The number of hydrogen-bond acceptors (Lipinski definition) is 3. The Morgan fingerprint density at radius 1 is 1.15 bits per heavy atom. The average molecular weight is 266 g/mol. The van der Waals surface area contributed by atoms with Crippen LogP contribution in [0, 0.1) is 13.8 Å². The fourth-order valence-electron chi connectivity index (χ4n) is 2.28. The summed E-state index contributed by atoms with van der Waals surface area (Å²) in [6.45, 7) is 5.76. The van der Waals surface area contributed by atoms with Crippen LogP contribution in [0.15, 0.2) is 42.7 Å². The number of nitrogens with zero attached hydrogens (tertiary/aromatic N) is 3. The van der Waals surface area contributed by atoms with E-state index < -0.39 is 0 Å². The van der Waals surface area contributed by atoms with Crippen LogP contribution in [0.1, 0.15) is 22.4 Å². The van der Waals surface area contributed by atoms with E-state index in [1.165, 1.54) is 11.1 Å². The Hall–Kier alpha value is -2.20. The quantitative estimate of drug-likeness (QED) is 0.789. The molecule has 3 rings (SSSR count). The van der Waals surface area contributed by atoms with Crippen molar-refractivity contribution in [2.75, 3.05) is 0 Å². The third kappa shape index (κ3) is 2.70. The third-order valence-corrected chi connectivity index (χ3v) is 3.39. The minimum atomic E-state index is 0.788. The van der Waals surface area contributed by atoms with E-state index in [4.69, 9.17) is 0 Å². The highest BCUT2D eigenvalue weighted by Crippen LogP contribution is 2.08. The summed E-state index contributed by atoms with van der Waals surface area (Å²) < 4.78 is 1.83. The van der Waals surface area contributed by atoms with Crippen LogP contribution in [-0.2, 0) is 13.1 Å².